The van der Waals surface area contributed by atoms with E-state index in [0.717, 1.165) is 19.1 Å². The van der Waals surface area contributed by atoms with E-state index in [1.54, 1.807) is 0 Å². The fourth-order valence-corrected chi connectivity index (χ4v) is 2.29. The predicted octanol–water partition coefficient (Wildman–Crippen LogP) is 1.01. The van der Waals surface area contributed by atoms with Crippen LogP contribution in [0.4, 0.5) is 0 Å². The molecule has 0 aromatic carbocycles. The van der Waals surface area contributed by atoms with Crippen molar-refractivity contribution in [3.63, 3.8) is 0 Å². The maximum atomic E-state index is 3.43. The van der Waals surface area contributed by atoms with E-state index in [1.807, 2.05) is 0 Å². The Morgan fingerprint density at radius 3 is 2.80 bits per heavy atom. The van der Waals surface area contributed by atoms with Gasteiger partial charge < -0.3 is 10.2 Å². The zero-order valence-electron chi connectivity index (χ0n) is 10.8. The summed E-state index contributed by atoms with van der Waals surface area (Å²) >= 11 is 0. The first-order valence-electron chi connectivity index (χ1n) is 6.26. The van der Waals surface area contributed by atoms with E-state index in [-0.39, 0.29) is 0 Å². The summed E-state index contributed by atoms with van der Waals surface area (Å²) in [6.07, 6.45) is 2.71. The summed E-state index contributed by atoms with van der Waals surface area (Å²) < 4.78 is 0. The Morgan fingerprint density at radius 2 is 2.20 bits per heavy atom. The highest BCUT2D eigenvalue weighted by Gasteiger charge is 2.24. The molecule has 1 aliphatic rings. The molecule has 15 heavy (non-hydrogen) atoms. The van der Waals surface area contributed by atoms with Crippen LogP contribution in [0.2, 0.25) is 0 Å². The smallest absolute Gasteiger partial charge is 0.0217 e. The van der Waals surface area contributed by atoms with Crippen LogP contribution in [0.5, 0.6) is 0 Å². The highest BCUT2D eigenvalue weighted by Crippen LogP contribution is 2.15. The van der Waals surface area contributed by atoms with E-state index < -0.39 is 0 Å². The third-order valence-corrected chi connectivity index (χ3v) is 3.47. The van der Waals surface area contributed by atoms with Crippen LogP contribution in [0.1, 0.15) is 26.7 Å². The van der Waals surface area contributed by atoms with E-state index in [2.05, 4.69) is 43.1 Å². The van der Waals surface area contributed by atoms with Crippen LogP contribution in [0.25, 0.3) is 0 Å². The van der Waals surface area contributed by atoms with Crippen LogP contribution in [0.3, 0.4) is 0 Å². The molecular formula is C12H27N3. The monoisotopic (exact) mass is 213 g/mol. The zero-order chi connectivity index (χ0) is 11.3. The van der Waals surface area contributed by atoms with Crippen LogP contribution in [-0.4, -0.2) is 62.2 Å². The molecule has 0 aromatic rings. The number of likely N-dealkylation sites (N-methyl/N-ethyl adjacent to an activating group) is 2. The van der Waals surface area contributed by atoms with Crippen LogP contribution in [0, 0.1) is 0 Å². The fourth-order valence-electron chi connectivity index (χ4n) is 2.29. The molecule has 1 aliphatic heterocycles. The molecule has 3 nitrogen and oxygen atoms in total. The lowest BCUT2D eigenvalue weighted by Gasteiger charge is -2.39. The van der Waals surface area contributed by atoms with Gasteiger partial charge >= 0.3 is 0 Å². The number of hydrogen-bond donors (Lipinski definition) is 1. The number of nitrogens with one attached hydrogen (secondary N) is 1. The van der Waals surface area contributed by atoms with Gasteiger partial charge in [-0.05, 0) is 47.0 Å². The van der Waals surface area contributed by atoms with E-state index in [4.69, 9.17) is 0 Å². The van der Waals surface area contributed by atoms with Crippen molar-refractivity contribution in [2.45, 2.75) is 38.8 Å². The standard InChI is InChI=1S/C12H27N3/c1-5-13-9-11(2)15-8-6-7-12(10-15)14(3)4/h11-13H,5-10H2,1-4H3. The first-order valence-corrected chi connectivity index (χ1v) is 6.26. The maximum absolute atomic E-state index is 3.43. The molecule has 0 amide bonds. The second-order valence-corrected chi connectivity index (χ2v) is 4.91. The predicted molar refractivity (Wildman–Crippen MR) is 66.3 cm³/mol. The molecule has 0 bridgehead atoms. The molecule has 1 rings (SSSR count). The minimum atomic E-state index is 0.674. The Balaban J connectivity index is 2.34. The SMILES string of the molecule is CCNCC(C)N1CCCC(N(C)C)C1. The van der Waals surface area contributed by atoms with Crippen LogP contribution in [-0.2, 0) is 0 Å². The lowest BCUT2D eigenvalue weighted by Crippen LogP contribution is -2.50. The molecule has 1 heterocycles. The molecule has 0 radical (unpaired) electrons. The van der Waals surface area contributed by atoms with E-state index in [1.165, 1.54) is 25.9 Å². The van der Waals surface area contributed by atoms with Crippen molar-refractivity contribution in [1.29, 1.82) is 0 Å². The number of piperidine rings is 1. The summed E-state index contributed by atoms with van der Waals surface area (Å²) in [4.78, 5) is 4.99. The van der Waals surface area contributed by atoms with Gasteiger partial charge in [0.15, 0.2) is 0 Å². The molecule has 0 spiro atoms. The van der Waals surface area contributed by atoms with Crippen molar-refractivity contribution >= 4 is 0 Å². The minimum absolute atomic E-state index is 0.674. The van der Waals surface area contributed by atoms with Crippen LogP contribution >= 0.6 is 0 Å². The van der Waals surface area contributed by atoms with Gasteiger partial charge in [-0.15, -0.1) is 0 Å². The van der Waals surface area contributed by atoms with Gasteiger partial charge in [-0.2, -0.15) is 0 Å². The number of hydrogen-bond acceptors (Lipinski definition) is 3. The average Bonchev–Trinajstić information content (AvgIpc) is 2.26. The lowest BCUT2D eigenvalue weighted by molar-refractivity contribution is 0.102. The second kappa shape index (κ2) is 6.46. The Kier molecular flexibility index (Phi) is 5.58. The minimum Gasteiger partial charge on any atom is -0.315 e. The second-order valence-electron chi connectivity index (χ2n) is 4.91. The van der Waals surface area contributed by atoms with Crippen molar-refractivity contribution in [3.05, 3.63) is 0 Å². The van der Waals surface area contributed by atoms with Crippen molar-refractivity contribution in [1.82, 2.24) is 15.1 Å². The third kappa shape index (κ3) is 4.09. The third-order valence-electron chi connectivity index (χ3n) is 3.47. The molecule has 2 unspecified atom stereocenters. The molecule has 2 atom stereocenters. The summed E-state index contributed by atoms with van der Waals surface area (Å²) in [6, 6.07) is 1.43. The lowest BCUT2D eigenvalue weighted by atomic mass is 10.0. The van der Waals surface area contributed by atoms with Crippen molar-refractivity contribution < 1.29 is 0 Å². The highest BCUT2D eigenvalue weighted by atomic mass is 15.2. The van der Waals surface area contributed by atoms with Gasteiger partial charge in [0.05, 0.1) is 0 Å². The fraction of sp³-hybridized carbons (Fsp3) is 1.00. The Hall–Kier alpha value is -0.120. The Morgan fingerprint density at radius 1 is 1.47 bits per heavy atom. The van der Waals surface area contributed by atoms with Gasteiger partial charge in [0.1, 0.15) is 0 Å². The van der Waals surface area contributed by atoms with Gasteiger partial charge in [-0.25, -0.2) is 0 Å². The Bertz CT molecular complexity index is 170. The molecule has 1 N–H and O–H groups in total. The molecule has 0 aromatic heterocycles. The maximum Gasteiger partial charge on any atom is 0.0217 e. The summed E-state index contributed by atoms with van der Waals surface area (Å²) in [6.45, 7) is 9.22. The van der Waals surface area contributed by atoms with Gasteiger partial charge in [-0.1, -0.05) is 6.92 Å². The summed E-state index contributed by atoms with van der Waals surface area (Å²) in [5, 5.41) is 3.43. The topological polar surface area (TPSA) is 18.5 Å². The van der Waals surface area contributed by atoms with Gasteiger partial charge in [0, 0.05) is 25.2 Å². The molecule has 90 valence electrons. The summed E-state index contributed by atoms with van der Waals surface area (Å²) in [7, 11) is 4.40. The van der Waals surface area contributed by atoms with Crippen LogP contribution in [0.15, 0.2) is 0 Å². The largest absolute Gasteiger partial charge is 0.315 e. The number of likely N-dealkylation sites (tertiary alicyclic amines) is 1. The molecular weight excluding hydrogens is 186 g/mol. The van der Waals surface area contributed by atoms with Crippen molar-refractivity contribution in [2.24, 2.45) is 0 Å². The summed E-state index contributed by atoms with van der Waals surface area (Å²) in [5.74, 6) is 0. The number of nitrogens with zero attached hydrogens (tertiary/aromatic N) is 2. The van der Waals surface area contributed by atoms with Gasteiger partial charge in [0.2, 0.25) is 0 Å². The van der Waals surface area contributed by atoms with Crippen molar-refractivity contribution in [3.8, 4) is 0 Å². The molecule has 3 heteroatoms. The zero-order valence-corrected chi connectivity index (χ0v) is 10.8. The molecule has 1 saturated heterocycles. The van der Waals surface area contributed by atoms with E-state index in [0.29, 0.717) is 6.04 Å². The van der Waals surface area contributed by atoms with E-state index >= 15 is 0 Å². The van der Waals surface area contributed by atoms with Crippen molar-refractivity contribution in [2.75, 3.05) is 40.3 Å². The molecule has 0 aliphatic carbocycles. The Labute approximate surface area is 94.8 Å². The van der Waals surface area contributed by atoms with Gasteiger partial charge in [-0.3, -0.25) is 4.90 Å². The average molecular weight is 213 g/mol. The summed E-state index contributed by atoms with van der Waals surface area (Å²) in [5.41, 5.74) is 0. The van der Waals surface area contributed by atoms with Crippen LogP contribution < -0.4 is 5.32 Å². The number of rotatable bonds is 5. The first-order chi connectivity index (χ1) is 7.15. The molecule has 0 saturated carbocycles. The van der Waals surface area contributed by atoms with Gasteiger partial charge in [0.25, 0.3) is 0 Å². The highest BCUT2D eigenvalue weighted by molar-refractivity contribution is 4.81. The normalized spacial score (nSPS) is 25.8. The quantitative estimate of drug-likeness (QED) is 0.735. The molecule has 1 fully saturated rings. The van der Waals surface area contributed by atoms with E-state index in [9.17, 15) is 0 Å². The first kappa shape index (κ1) is 12.9.